The number of nitrogens with one attached hydrogen (secondary N) is 1. The molecule has 2 heterocycles. The summed E-state index contributed by atoms with van der Waals surface area (Å²) in [5.74, 6) is -0.201. The highest BCUT2D eigenvalue weighted by Gasteiger charge is 2.34. The van der Waals surface area contributed by atoms with Crippen LogP contribution in [-0.2, 0) is 4.79 Å². The lowest BCUT2D eigenvalue weighted by atomic mass is 9.95. The van der Waals surface area contributed by atoms with E-state index in [1.807, 2.05) is 30.3 Å². The van der Waals surface area contributed by atoms with Crippen LogP contribution in [0.5, 0.6) is 0 Å². The van der Waals surface area contributed by atoms with Crippen molar-refractivity contribution in [1.82, 2.24) is 9.80 Å². The van der Waals surface area contributed by atoms with Crippen molar-refractivity contribution in [2.24, 2.45) is 5.92 Å². The fourth-order valence-electron chi connectivity index (χ4n) is 4.23. The molecule has 1 fully saturated rings. The molecular formula is C24H27N3O3. The normalized spacial score (nSPS) is 17.3. The van der Waals surface area contributed by atoms with E-state index in [0.717, 1.165) is 51.0 Å². The Bertz CT molecular complexity index is 885. The Kier molecular flexibility index (Phi) is 6.23. The lowest BCUT2D eigenvalue weighted by molar-refractivity contribution is -0.121. The molecule has 1 saturated heterocycles. The highest BCUT2D eigenvalue weighted by molar-refractivity contribution is 6.21. The summed E-state index contributed by atoms with van der Waals surface area (Å²) in [4.78, 5) is 41.0. The minimum Gasteiger partial charge on any atom is -0.326 e. The average molecular weight is 405 g/mol. The lowest BCUT2D eigenvalue weighted by Gasteiger charge is -2.31. The van der Waals surface area contributed by atoms with Gasteiger partial charge in [0.05, 0.1) is 11.1 Å². The van der Waals surface area contributed by atoms with Crippen molar-refractivity contribution in [2.75, 3.05) is 31.5 Å². The maximum absolute atomic E-state index is 12.4. The molecule has 6 heteroatoms. The van der Waals surface area contributed by atoms with E-state index in [0.29, 0.717) is 17.7 Å². The summed E-state index contributed by atoms with van der Waals surface area (Å²) in [6.07, 6.45) is 3.43. The van der Waals surface area contributed by atoms with Crippen LogP contribution < -0.4 is 5.32 Å². The molecule has 2 aliphatic heterocycles. The van der Waals surface area contributed by atoms with Gasteiger partial charge < -0.3 is 10.2 Å². The minimum absolute atomic E-state index is 0.0554. The maximum atomic E-state index is 12.4. The number of para-hydroxylation sites is 1. The number of fused-ring (bicyclic) bond motifs is 1. The van der Waals surface area contributed by atoms with Crippen LogP contribution >= 0.6 is 0 Å². The number of piperidine rings is 1. The number of imide groups is 1. The quantitative estimate of drug-likeness (QED) is 0.566. The third kappa shape index (κ3) is 4.44. The fraction of sp³-hybridized carbons (Fsp3) is 0.375. The van der Waals surface area contributed by atoms with Crippen LogP contribution in [-0.4, -0.2) is 53.7 Å². The van der Waals surface area contributed by atoms with Crippen molar-refractivity contribution in [3.05, 3.63) is 65.7 Å². The Hall–Kier alpha value is -2.99. The molecule has 0 radical (unpaired) electrons. The molecule has 30 heavy (non-hydrogen) atoms. The number of carbonyl (C=O) groups excluding carboxylic acids is 3. The zero-order valence-corrected chi connectivity index (χ0v) is 17.0. The maximum Gasteiger partial charge on any atom is 0.261 e. The Morgan fingerprint density at radius 2 is 1.40 bits per heavy atom. The number of anilines is 1. The van der Waals surface area contributed by atoms with Crippen molar-refractivity contribution < 1.29 is 14.4 Å². The molecule has 2 aromatic carbocycles. The molecule has 0 saturated carbocycles. The van der Waals surface area contributed by atoms with Gasteiger partial charge in [0.1, 0.15) is 0 Å². The number of likely N-dealkylation sites (tertiary alicyclic amines) is 1. The van der Waals surface area contributed by atoms with Crippen LogP contribution in [0.3, 0.4) is 0 Å². The smallest absolute Gasteiger partial charge is 0.261 e. The van der Waals surface area contributed by atoms with Gasteiger partial charge >= 0.3 is 0 Å². The van der Waals surface area contributed by atoms with Gasteiger partial charge in [-0.25, -0.2) is 0 Å². The molecule has 2 aromatic rings. The monoisotopic (exact) mass is 405 g/mol. The van der Waals surface area contributed by atoms with Crippen LogP contribution in [0.15, 0.2) is 54.6 Å². The highest BCUT2D eigenvalue weighted by Crippen LogP contribution is 2.23. The fourth-order valence-corrected chi connectivity index (χ4v) is 4.23. The SMILES string of the molecule is O=C(Nc1ccccc1)C1CCN(CCCCN2C(=O)c3ccccc3C2=O)CC1. The van der Waals surface area contributed by atoms with E-state index < -0.39 is 0 Å². The molecule has 0 atom stereocenters. The lowest BCUT2D eigenvalue weighted by Crippen LogP contribution is -2.39. The van der Waals surface area contributed by atoms with Crippen LogP contribution in [0, 0.1) is 5.92 Å². The third-order valence-corrected chi connectivity index (χ3v) is 5.98. The number of rotatable bonds is 7. The van der Waals surface area contributed by atoms with Gasteiger partial charge in [0.2, 0.25) is 5.91 Å². The first kappa shape index (κ1) is 20.3. The van der Waals surface area contributed by atoms with E-state index in [2.05, 4.69) is 10.2 Å². The number of amides is 3. The van der Waals surface area contributed by atoms with Crippen LogP contribution in [0.25, 0.3) is 0 Å². The van der Waals surface area contributed by atoms with Crippen molar-refractivity contribution in [3.8, 4) is 0 Å². The summed E-state index contributed by atoms with van der Waals surface area (Å²) in [5, 5.41) is 3.00. The second-order valence-corrected chi connectivity index (χ2v) is 7.99. The minimum atomic E-state index is -0.180. The number of benzene rings is 2. The molecule has 0 spiro atoms. The van der Waals surface area contributed by atoms with Gasteiger partial charge in [0.15, 0.2) is 0 Å². The Morgan fingerprint density at radius 1 is 0.833 bits per heavy atom. The van der Waals surface area contributed by atoms with Gasteiger partial charge in [-0.05, 0) is 69.6 Å². The highest BCUT2D eigenvalue weighted by atomic mass is 16.2. The average Bonchev–Trinajstić information content (AvgIpc) is 3.02. The Morgan fingerprint density at radius 3 is 2.03 bits per heavy atom. The molecule has 1 N–H and O–H groups in total. The molecular weight excluding hydrogens is 378 g/mol. The van der Waals surface area contributed by atoms with E-state index in [9.17, 15) is 14.4 Å². The van der Waals surface area contributed by atoms with Gasteiger partial charge in [-0.3, -0.25) is 19.3 Å². The molecule has 3 amide bonds. The predicted molar refractivity (Wildman–Crippen MR) is 115 cm³/mol. The van der Waals surface area contributed by atoms with Gasteiger partial charge in [-0.2, -0.15) is 0 Å². The van der Waals surface area contributed by atoms with Gasteiger partial charge in [0, 0.05) is 18.2 Å². The molecule has 6 nitrogen and oxygen atoms in total. The summed E-state index contributed by atoms with van der Waals surface area (Å²) < 4.78 is 0. The second kappa shape index (κ2) is 9.22. The molecule has 4 rings (SSSR count). The van der Waals surface area contributed by atoms with E-state index in [4.69, 9.17) is 0 Å². The zero-order valence-electron chi connectivity index (χ0n) is 17.0. The zero-order chi connectivity index (χ0) is 20.9. The first-order valence-electron chi connectivity index (χ1n) is 10.7. The largest absolute Gasteiger partial charge is 0.326 e. The Balaban J connectivity index is 1.16. The molecule has 0 aliphatic carbocycles. The first-order valence-corrected chi connectivity index (χ1v) is 10.7. The summed E-state index contributed by atoms with van der Waals surface area (Å²) in [5.41, 5.74) is 1.87. The van der Waals surface area contributed by atoms with Gasteiger partial charge in [0.25, 0.3) is 11.8 Å². The standard InChI is InChI=1S/C24H27N3O3/c28-22(25-19-8-2-1-3-9-19)18-12-16-26(17-13-18)14-6-7-15-27-23(29)20-10-4-5-11-21(20)24(27)30/h1-5,8-11,18H,6-7,12-17H2,(H,25,28). The summed E-state index contributed by atoms with van der Waals surface area (Å²) in [7, 11) is 0. The van der Waals surface area contributed by atoms with E-state index in [-0.39, 0.29) is 23.6 Å². The first-order chi connectivity index (χ1) is 14.6. The van der Waals surface area contributed by atoms with Crippen LogP contribution in [0.4, 0.5) is 5.69 Å². The van der Waals surface area contributed by atoms with Crippen molar-refractivity contribution in [1.29, 1.82) is 0 Å². The number of nitrogens with zero attached hydrogens (tertiary/aromatic N) is 2. The van der Waals surface area contributed by atoms with E-state index >= 15 is 0 Å². The molecule has 2 aliphatic rings. The molecule has 156 valence electrons. The van der Waals surface area contributed by atoms with E-state index in [1.165, 1.54) is 4.90 Å². The van der Waals surface area contributed by atoms with Gasteiger partial charge in [-0.1, -0.05) is 30.3 Å². The summed E-state index contributed by atoms with van der Waals surface area (Å²) >= 11 is 0. The number of carbonyl (C=O) groups is 3. The molecule has 0 unspecified atom stereocenters. The van der Waals surface area contributed by atoms with Crippen molar-refractivity contribution in [2.45, 2.75) is 25.7 Å². The second-order valence-electron chi connectivity index (χ2n) is 7.99. The van der Waals surface area contributed by atoms with Crippen LogP contribution in [0.2, 0.25) is 0 Å². The van der Waals surface area contributed by atoms with Crippen molar-refractivity contribution >= 4 is 23.4 Å². The number of hydrogen-bond acceptors (Lipinski definition) is 4. The van der Waals surface area contributed by atoms with E-state index in [1.54, 1.807) is 24.3 Å². The number of hydrogen-bond donors (Lipinski definition) is 1. The summed E-state index contributed by atoms with van der Waals surface area (Å²) in [6.45, 7) is 3.19. The molecule has 0 bridgehead atoms. The van der Waals surface area contributed by atoms with Crippen molar-refractivity contribution in [3.63, 3.8) is 0 Å². The molecule has 0 aromatic heterocycles. The predicted octanol–water partition coefficient (Wildman–Crippen LogP) is 3.41. The number of unbranched alkanes of at least 4 members (excludes halogenated alkanes) is 1. The van der Waals surface area contributed by atoms with Crippen LogP contribution in [0.1, 0.15) is 46.4 Å². The summed E-state index contributed by atoms with van der Waals surface area (Å²) in [6, 6.07) is 16.6. The topological polar surface area (TPSA) is 69.7 Å². The third-order valence-electron chi connectivity index (χ3n) is 5.98. The van der Waals surface area contributed by atoms with Gasteiger partial charge in [-0.15, -0.1) is 0 Å². The Labute approximate surface area is 176 Å².